The average molecular weight is 234 g/mol. The fourth-order valence-corrected chi connectivity index (χ4v) is 1.70. The highest BCUT2D eigenvalue weighted by Crippen LogP contribution is 2.22. The van der Waals surface area contributed by atoms with Gasteiger partial charge in [-0.1, -0.05) is 12.1 Å². The molecule has 5 nitrogen and oxygen atoms in total. The van der Waals surface area contributed by atoms with E-state index in [1.165, 1.54) is 0 Å². The Bertz CT molecular complexity index is 424. The zero-order valence-corrected chi connectivity index (χ0v) is 9.69. The number of hydrogen-bond donors (Lipinski definition) is 2. The monoisotopic (exact) mass is 234 g/mol. The number of carbonyl (C=O) groups excluding carboxylic acids is 2. The Kier molecular flexibility index (Phi) is 2.99. The van der Waals surface area contributed by atoms with Crippen LogP contribution in [0.4, 0.5) is 0 Å². The van der Waals surface area contributed by atoms with Crippen LogP contribution in [0.3, 0.4) is 0 Å². The van der Waals surface area contributed by atoms with Crippen molar-refractivity contribution in [3.8, 4) is 5.75 Å². The van der Waals surface area contributed by atoms with E-state index in [1.807, 2.05) is 13.8 Å². The predicted octanol–water partition coefficient (Wildman–Crippen LogP) is 0.718. The van der Waals surface area contributed by atoms with E-state index in [-0.39, 0.29) is 17.9 Å². The summed E-state index contributed by atoms with van der Waals surface area (Å²) in [5.74, 6) is -0.689. The van der Waals surface area contributed by atoms with Gasteiger partial charge in [-0.25, -0.2) is 0 Å². The number of nitrogens with one attached hydrogen (secondary N) is 2. The van der Waals surface area contributed by atoms with E-state index < -0.39 is 5.92 Å². The Hall–Kier alpha value is -2.04. The lowest BCUT2D eigenvalue weighted by Crippen LogP contribution is -2.28. The third-order valence-electron chi connectivity index (χ3n) is 2.42. The summed E-state index contributed by atoms with van der Waals surface area (Å²) in [4.78, 5) is 22.8. The van der Waals surface area contributed by atoms with Crippen LogP contribution < -0.4 is 15.6 Å². The Balaban J connectivity index is 2.17. The number of hydrogen-bond acceptors (Lipinski definition) is 3. The second-order valence-corrected chi connectivity index (χ2v) is 4.15. The first-order valence-electron chi connectivity index (χ1n) is 5.44. The van der Waals surface area contributed by atoms with Crippen LogP contribution in [0.2, 0.25) is 0 Å². The molecule has 1 saturated heterocycles. The summed E-state index contributed by atoms with van der Waals surface area (Å²) in [6.07, 6.45) is 0.0962. The first-order valence-corrected chi connectivity index (χ1v) is 5.44. The smallest absolute Gasteiger partial charge is 0.255 e. The molecule has 5 heteroatoms. The first-order chi connectivity index (χ1) is 8.08. The van der Waals surface area contributed by atoms with Gasteiger partial charge in [-0.05, 0) is 31.5 Å². The molecule has 0 saturated carbocycles. The molecule has 1 aliphatic heterocycles. The molecule has 0 atom stereocenters. The fourth-order valence-electron chi connectivity index (χ4n) is 1.70. The molecule has 0 bridgehead atoms. The molecule has 1 fully saturated rings. The molecule has 0 radical (unpaired) electrons. The largest absolute Gasteiger partial charge is 0.491 e. The van der Waals surface area contributed by atoms with Crippen molar-refractivity contribution in [1.29, 1.82) is 0 Å². The molecule has 1 aliphatic rings. The molecule has 0 unspecified atom stereocenters. The van der Waals surface area contributed by atoms with Crippen LogP contribution >= 0.6 is 0 Å². The Morgan fingerprint density at radius 3 is 2.06 bits per heavy atom. The van der Waals surface area contributed by atoms with E-state index in [4.69, 9.17) is 4.74 Å². The summed E-state index contributed by atoms with van der Waals surface area (Å²) >= 11 is 0. The van der Waals surface area contributed by atoms with Crippen LogP contribution in [0.1, 0.15) is 25.3 Å². The van der Waals surface area contributed by atoms with Gasteiger partial charge in [0, 0.05) is 0 Å². The molecule has 2 amide bonds. The van der Waals surface area contributed by atoms with Gasteiger partial charge in [-0.3, -0.25) is 20.4 Å². The summed E-state index contributed by atoms with van der Waals surface area (Å²) in [6.45, 7) is 3.87. The number of rotatable bonds is 3. The van der Waals surface area contributed by atoms with Gasteiger partial charge in [0.15, 0.2) is 0 Å². The number of hydrazine groups is 1. The van der Waals surface area contributed by atoms with Crippen LogP contribution in [-0.4, -0.2) is 17.9 Å². The minimum absolute atomic E-state index is 0.0962. The predicted molar refractivity (Wildman–Crippen MR) is 61.2 cm³/mol. The SMILES string of the molecule is CC(C)Oc1ccc(C2C(=O)NNC2=O)cc1. The first kappa shape index (κ1) is 11.4. The maximum atomic E-state index is 11.4. The van der Waals surface area contributed by atoms with Crippen molar-refractivity contribution in [2.75, 3.05) is 0 Å². The van der Waals surface area contributed by atoms with Crippen molar-refractivity contribution >= 4 is 11.8 Å². The van der Waals surface area contributed by atoms with E-state index in [0.29, 0.717) is 5.56 Å². The van der Waals surface area contributed by atoms with E-state index in [0.717, 1.165) is 5.75 Å². The van der Waals surface area contributed by atoms with Crippen LogP contribution in [0.5, 0.6) is 5.75 Å². The lowest BCUT2D eigenvalue weighted by atomic mass is 9.99. The minimum atomic E-state index is -0.761. The second kappa shape index (κ2) is 4.45. The van der Waals surface area contributed by atoms with Gasteiger partial charge >= 0.3 is 0 Å². The second-order valence-electron chi connectivity index (χ2n) is 4.15. The highest BCUT2D eigenvalue weighted by Gasteiger charge is 2.34. The summed E-state index contributed by atoms with van der Waals surface area (Å²) in [5.41, 5.74) is 5.25. The lowest BCUT2D eigenvalue weighted by Gasteiger charge is -2.10. The summed E-state index contributed by atoms with van der Waals surface area (Å²) < 4.78 is 5.48. The van der Waals surface area contributed by atoms with Crippen molar-refractivity contribution in [2.24, 2.45) is 0 Å². The topological polar surface area (TPSA) is 67.4 Å². The molecule has 2 N–H and O–H groups in total. The van der Waals surface area contributed by atoms with E-state index >= 15 is 0 Å². The summed E-state index contributed by atoms with van der Waals surface area (Å²) in [5, 5.41) is 0. The molecular weight excluding hydrogens is 220 g/mol. The van der Waals surface area contributed by atoms with Crippen molar-refractivity contribution in [3.05, 3.63) is 29.8 Å². The maximum Gasteiger partial charge on any atom is 0.255 e. The molecule has 17 heavy (non-hydrogen) atoms. The van der Waals surface area contributed by atoms with Crippen molar-refractivity contribution < 1.29 is 14.3 Å². The standard InChI is InChI=1S/C12H14N2O3/c1-7(2)17-9-5-3-8(4-6-9)10-11(15)13-14-12(10)16/h3-7,10H,1-2H3,(H,13,15)(H,14,16). The van der Waals surface area contributed by atoms with Gasteiger partial charge in [0.05, 0.1) is 6.10 Å². The third-order valence-corrected chi connectivity index (χ3v) is 2.42. The van der Waals surface area contributed by atoms with Crippen molar-refractivity contribution in [3.63, 3.8) is 0 Å². The van der Waals surface area contributed by atoms with Gasteiger partial charge in [0.25, 0.3) is 11.8 Å². The van der Waals surface area contributed by atoms with Crippen LogP contribution in [0.25, 0.3) is 0 Å². The number of carbonyl (C=O) groups is 2. The molecule has 2 rings (SSSR count). The molecular formula is C12H14N2O3. The van der Waals surface area contributed by atoms with Gasteiger partial charge in [0.2, 0.25) is 0 Å². The quantitative estimate of drug-likeness (QED) is 0.757. The third kappa shape index (κ3) is 2.38. The van der Waals surface area contributed by atoms with Gasteiger partial charge in [-0.15, -0.1) is 0 Å². The van der Waals surface area contributed by atoms with E-state index in [2.05, 4.69) is 10.9 Å². The van der Waals surface area contributed by atoms with Crippen molar-refractivity contribution in [2.45, 2.75) is 25.9 Å². The maximum absolute atomic E-state index is 11.4. The molecule has 1 aromatic carbocycles. The number of ether oxygens (including phenoxy) is 1. The molecule has 0 spiro atoms. The van der Waals surface area contributed by atoms with Crippen LogP contribution in [-0.2, 0) is 9.59 Å². The summed E-state index contributed by atoms with van der Waals surface area (Å²) in [6, 6.07) is 6.97. The van der Waals surface area contributed by atoms with E-state index in [1.54, 1.807) is 24.3 Å². The molecule has 1 aromatic rings. The highest BCUT2D eigenvalue weighted by atomic mass is 16.5. The van der Waals surface area contributed by atoms with E-state index in [9.17, 15) is 9.59 Å². The van der Waals surface area contributed by atoms with Gasteiger partial charge in [-0.2, -0.15) is 0 Å². The average Bonchev–Trinajstić information content (AvgIpc) is 2.59. The Morgan fingerprint density at radius 1 is 1.06 bits per heavy atom. The summed E-state index contributed by atoms with van der Waals surface area (Å²) in [7, 11) is 0. The van der Waals surface area contributed by atoms with Crippen LogP contribution in [0, 0.1) is 0 Å². The number of amides is 2. The minimum Gasteiger partial charge on any atom is -0.491 e. The van der Waals surface area contributed by atoms with Crippen molar-refractivity contribution in [1.82, 2.24) is 10.9 Å². The van der Waals surface area contributed by atoms with Gasteiger partial charge < -0.3 is 4.74 Å². The molecule has 0 aromatic heterocycles. The molecule has 1 heterocycles. The zero-order valence-electron chi connectivity index (χ0n) is 9.69. The number of benzene rings is 1. The van der Waals surface area contributed by atoms with Gasteiger partial charge in [0.1, 0.15) is 11.7 Å². The fraction of sp³-hybridized carbons (Fsp3) is 0.333. The lowest BCUT2D eigenvalue weighted by molar-refractivity contribution is -0.124. The Morgan fingerprint density at radius 2 is 1.59 bits per heavy atom. The molecule has 0 aliphatic carbocycles. The normalized spacial score (nSPS) is 15.9. The van der Waals surface area contributed by atoms with Crippen LogP contribution in [0.15, 0.2) is 24.3 Å². The zero-order chi connectivity index (χ0) is 12.4. The molecule has 90 valence electrons. The Labute approximate surface area is 99.1 Å². The highest BCUT2D eigenvalue weighted by molar-refractivity contribution is 6.10.